The molecule has 1 heterocycles. The third-order valence-electron chi connectivity index (χ3n) is 3.20. The molecule has 23 heavy (non-hydrogen) atoms. The molecule has 1 aromatic heterocycles. The SMILES string of the molecule is CNCCC(=O)Nc1ccc(F)c(NC(=O)c2ccoc2C)c1. The van der Waals surface area contributed by atoms with E-state index in [2.05, 4.69) is 16.0 Å². The molecule has 0 fully saturated rings. The number of aryl methyl sites for hydroxylation is 1. The Hall–Kier alpha value is -2.67. The molecule has 1 aromatic carbocycles. The smallest absolute Gasteiger partial charge is 0.259 e. The fraction of sp³-hybridized carbons (Fsp3) is 0.250. The van der Waals surface area contributed by atoms with E-state index in [1.807, 2.05) is 0 Å². The molecule has 0 unspecified atom stereocenters. The maximum Gasteiger partial charge on any atom is 0.259 e. The molecule has 7 heteroatoms. The van der Waals surface area contributed by atoms with Crippen LogP contribution >= 0.6 is 0 Å². The quantitative estimate of drug-likeness (QED) is 0.764. The van der Waals surface area contributed by atoms with E-state index in [4.69, 9.17) is 4.42 Å². The first-order valence-electron chi connectivity index (χ1n) is 7.10. The summed E-state index contributed by atoms with van der Waals surface area (Å²) in [7, 11) is 1.75. The summed E-state index contributed by atoms with van der Waals surface area (Å²) in [5.41, 5.74) is 0.724. The highest BCUT2D eigenvalue weighted by molar-refractivity contribution is 6.05. The number of benzene rings is 1. The monoisotopic (exact) mass is 319 g/mol. The Kier molecular flexibility index (Phi) is 5.48. The lowest BCUT2D eigenvalue weighted by atomic mass is 10.2. The molecule has 0 aliphatic carbocycles. The summed E-state index contributed by atoms with van der Waals surface area (Å²) < 4.78 is 18.9. The van der Waals surface area contributed by atoms with Gasteiger partial charge in [0.05, 0.1) is 17.5 Å². The van der Waals surface area contributed by atoms with Crippen LogP contribution in [0.1, 0.15) is 22.5 Å². The Balaban J connectivity index is 2.10. The van der Waals surface area contributed by atoms with E-state index in [-0.39, 0.29) is 11.6 Å². The molecule has 6 nitrogen and oxygen atoms in total. The van der Waals surface area contributed by atoms with Gasteiger partial charge in [-0.3, -0.25) is 9.59 Å². The van der Waals surface area contributed by atoms with Crippen LogP contribution in [0.5, 0.6) is 0 Å². The number of anilines is 2. The van der Waals surface area contributed by atoms with Gasteiger partial charge in [-0.15, -0.1) is 0 Å². The third kappa shape index (κ3) is 4.40. The van der Waals surface area contributed by atoms with Crippen molar-refractivity contribution in [2.24, 2.45) is 0 Å². The second-order valence-electron chi connectivity index (χ2n) is 4.94. The number of halogens is 1. The number of carbonyl (C=O) groups is 2. The maximum absolute atomic E-state index is 13.9. The highest BCUT2D eigenvalue weighted by Gasteiger charge is 2.14. The van der Waals surface area contributed by atoms with Gasteiger partial charge in [0.25, 0.3) is 5.91 Å². The molecule has 2 aromatic rings. The highest BCUT2D eigenvalue weighted by Crippen LogP contribution is 2.21. The number of furan rings is 1. The molecule has 122 valence electrons. The van der Waals surface area contributed by atoms with Crippen LogP contribution in [0.3, 0.4) is 0 Å². The average Bonchev–Trinajstić information content (AvgIpc) is 2.94. The van der Waals surface area contributed by atoms with E-state index < -0.39 is 11.7 Å². The number of amides is 2. The molecule has 0 saturated carbocycles. The summed E-state index contributed by atoms with van der Waals surface area (Å²) in [6.45, 7) is 2.18. The van der Waals surface area contributed by atoms with Gasteiger partial charge in [0.2, 0.25) is 5.91 Å². The summed E-state index contributed by atoms with van der Waals surface area (Å²) >= 11 is 0. The van der Waals surface area contributed by atoms with Gasteiger partial charge in [-0.2, -0.15) is 0 Å². The summed E-state index contributed by atoms with van der Waals surface area (Å²) in [6.07, 6.45) is 1.68. The molecular formula is C16H18FN3O3. The predicted molar refractivity (Wildman–Crippen MR) is 85.0 cm³/mol. The van der Waals surface area contributed by atoms with Gasteiger partial charge < -0.3 is 20.4 Å². The lowest BCUT2D eigenvalue weighted by Crippen LogP contribution is -2.19. The Labute approximate surface area is 133 Å². The van der Waals surface area contributed by atoms with Crippen molar-refractivity contribution in [3.63, 3.8) is 0 Å². The van der Waals surface area contributed by atoms with Crippen LogP contribution in [-0.4, -0.2) is 25.4 Å². The van der Waals surface area contributed by atoms with Crippen molar-refractivity contribution in [1.82, 2.24) is 5.32 Å². The van der Waals surface area contributed by atoms with Crippen molar-refractivity contribution in [1.29, 1.82) is 0 Å². The zero-order chi connectivity index (χ0) is 16.8. The molecule has 2 rings (SSSR count). The second kappa shape index (κ2) is 7.55. The van der Waals surface area contributed by atoms with E-state index in [1.165, 1.54) is 30.5 Å². The zero-order valence-corrected chi connectivity index (χ0v) is 12.9. The predicted octanol–water partition coefficient (Wildman–Crippen LogP) is 2.53. The molecule has 0 aliphatic rings. The molecule has 0 spiro atoms. The van der Waals surface area contributed by atoms with Crippen LogP contribution in [0.15, 0.2) is 34.9 Å². The maximum atomic E-state index is 13.9. The highest BCUT2D eigenvalue weighted by atomic mass is 19.1. The fourth-order valence-corrected chi connectivity index (χ4v) is 1.97. The van der Waals surface area contributed by atoms with E-state index >= 15 is 0 Å². The number of hydrogen-bond acceptors (Lipinski definition) is 4. The van der Waals surface area contributed by atoms with Crippen LogP contribution in [0.4, 0.5) is 15.8 Å². The Morgan fingerprint density at radius 2 is 2.00 bits per heavy atom. The lowest BCUT2D eigenvalue weighted by Gasteiger charge is -2.10. The molecule has 0 aliphatic heterocycles. The minimum atomic E-state index is -0.590. The topological polar surface area (TPSA) is 83.4 Å². The first-order valence-corrected chi connectivity index (χ1v) is 7.10. The zero-order valence-electron chi connectivity index (χ0n) is 12.9. The molecule has 0 saturated heterocycles. The first kappa shape index (κ1) is 16.7. The van der Waals surface area contributed by atoms with Gasteiger partial charge in [0, 0.05) is 18.7 Å². The standard InChI is InChI=1S/C16H18FN3O3/c1-10-12(6-8-23-10)16(22)20-14-9-11(3-4-13(14)17)19-15(21)5-7-18-2/h3-4,6,8-9,18H,5,7H2,1-2H3,(H,19,21)(H,20,22). The van der Waals surface area contributed by atoms with E-state index in [0.717, 1.165) is 0 Å². The molecular weight excluding hydrogens is 301 g/mol. The molecule has 0 atom stereocenters. The van der Waals surface area contributed by atoms with Crippen molar-refractivity contribution in [2.75, 3.05) is 24.2 Å². The minimum absolute atomic E-state index is 0.0120. The normalized spacial score (nSPS) is 10.4. The second-order valence-corrected chi connectivity index (χ2v) is 4.94. The van der Waals surface area contributed by atoms with E-state index in [1.54, 1.807) is 14.0 Å². The Bertz CT molecular complexity index is 712. The summed E-state index contributed by atoms with van der Waals surface area (Å²) in [4.78, 5) is 23.8. The van der Waals surface area contributed by atoms with Gasteiger partial charge in [-0.1, -0.05) is 0 Å². The van der Waals surface area contributed by atoms with E-state index in [0.29, 0.717) is 30.0 Å². The minimum Gasteiger partial charge on any atom is -0.469 e. The van der Waals surface area contributed by atoms with Crippen LogP contribution in [0.25, 0.3) is 0 Å². The van der Waals surface area contributed by atoms with Gasteiger partial charge in [0.15, 0.2) is 0 Å². The van der Waals surface area contributed by atoms with Gasteiger partial charge in [-0.25, -0.2) is 4.39 Å². The Morgan fingerprint density at radius 1 is 1.22 bits per heavy atom. The van der Waals surface area contributed by atoms with Crippen molar-refractivity contribution in [3.8, 4) is 0 Å². The van der Waals surface area contributed by atoms with Crippen LogP contribution < -0.4 is 16.0 Å². The van der Waals surface area contributed by atoms with Crippen molar-refractivity contribution < 1.29 is 18.4 Å². The van der Waals surface area contributed by atoms with Gasteiger partial charge in [-0.05, 0) is 38.2 Å². The summed E-state index contributed by atoms with van der Waals surface area (Å²) in [6, 6.07) is 5.50. The van der Waals surface area contributed by atoms with Crippen LogP contribution in [0.2, 0.25) is 0 Å². The van der Waals surface area contributed by atoms with Crippen LogP contribution in [-0.2, 0) is 4.79 Å². The van der Waals surface area contributed by atoms with Crippen molar-refractivity contribution in [2.45, 2.75) is 13.3 Å². The number of nitrogens with one attached hydrogen (secondary N) is 3. The molecule has 2 amide bonds. The lowest BCUT2D eigenvalue weighted by molar-refractivity contribution is -0.116. The Morgan fingerprint density at radius 3 is 2.65 bits per heavy atom. The fourth-order valence-electron chi connectivity index (χ4n) is 1.97. The van der Waals surface area contributed by atoms with Gasteiger partial charge in [0.1, 0.15) is 11.6 Å². The number of carbonyl (C=O) groups excluding carboxylic acids is 2. The van der Waals surface area contributed by atoms with Crippen molar-refractivity contribution in [3.05, 3.63) is 47.7 Å². The number of hydrogen-bond donors (Lipinski definition) is 3. The van der Waals surface area contributed by atoms with Crippen molar-refractivity contribution >= 4 is 23.2 Å². The van der Waals surface area contributed by atoms with E-state index in [9.17, 15) is 14.0 Å². The summed E-state index contributed by atoms with van der Waals surface area (Å²) in [5, 5.41) is 7.99. The number of rotatable bonds is 6. The average molecular weight is 319 g/mol. The molecule has 0 radical (unpaired) electrons. The third-order valence-corrected chi connectivity index (χ3v) is 3.20. The molecule has 3 N–H and O–H groups in total. The van der Waals surface area contributed by atoms with Gasteiger partial charge >= 0.3 is 0 Å². The first-order chi connectivity index (χ1) is 11.0. The largest absolute Gasteiger partial charge is 0.469 e. The summed E-state index contributed by atoms with van der Waals surface area (Å²) in [5.74, 6) is -0.824. The van der Waals surface area contributed by atoms with Crippen LogP contribution in [0, 0.1) is 12.7 Å². The molecule has 0 bridgehead atoms.